The highest BCUT2D eigenvalue weighted by molar-refractivity contribution is 5.92. The van der Waals surface area contributed by atoms with Gasteiger partial charge in [0.2, 0.25) is 0 Å². The first-order valence-electron chi connectivity index (χ1n) is 4.77. The van der Waals surface area contributed by atoms with Crippen molar-refractivity contribution in [2.75, 3.05) is 38.4 Å². The average molecular weight is 207 g/mol. The van der Waals surface area contributed by atoms with Gasteiger partial charge in [0.15, 0.2) is 0 Å². The van der Waals surface area contributed by atoms with Gasteiger partial charge in [0.25, 0.3) is 0 Å². The first-order valence-corrected chi connectivity index (χ1v) is 4.77. The Kier molecular flexibility index (Phi) is 3.55. The van der Waals surface area contributed by atoms with Crippen LogP contribution >= 0.6 is 0 Å². The second-order valence-electron chi connectivity index (χ2n) is 3.74. The fraction of sp³-hybridized carbons (Fsp3) is 0.364. The molecule has 15 heavy (non-hydrogen) atoms. The molecule has 4 heteroatoms. The Morgan fingerprint density at radius 3 is 2.27 bits per heavy atom. The van der Waals surface area contributed by atoms with Crippen LogP contribution in [0, 0.1) is 0 Å². The SMILES string of the molecule is CN(C)C(=O)Nc1ccccc1N(C)C. The van der Waals surface area contributed by atoms with Crippen LogP contribution < -0.4 is 10.2 Å². The summed E-state index contributed by atoms with van der Waals surface area (Å²) in [7, 11) is 7.32. The van der Waals surface area contributed by atoms with E-state index < -0.39 is 0 Å². The number of urea groups is 1. The van der Waals surface area contributed by atoms with Crippen molar-refractivity contribution < 1.29 is 4.79 Å². The van der Waals surface area contributed by atoms with Crippen molar-refractivity contribution in [3.8, 4) is 0 Å². The quantitative estimate of drug-likeness (QED) is 0.803. The molecule has 0 spiro atoms. The van der Waals surface area contributed by atoms with E-state index in [2.05, 4.69) is 5.32 Å². The largest absolute Gasteiger partial charge is 0.376 e. The normalized spacial score (nSPS) is 9.60. The van der Waals surface area contributed by atoms with E-state index in [1.54, 1.807) is 14.1 Å². The second kappa shape index (κ2) is 4.68. The highest BCUT2D eigenvalue weighted by atomic mass is 16.2. The lowest BCUT2D eigenvalue weighted by Crippen LogP contribution is -2.28. The third kappa shape index (κ3) is 2.87. The molecule has 0 fully saturated rings. The van der Waals surface area contributed by atoms with Gasteiger partial charge in [0, 0.05) is 28.2 Å². The minimum atomic E-state index is -0.121. The summed E-state index contributed by atoms with van der Waals surface area (Å²) in [5.41, 5.74) is 1.81. The third-order valence-electron chi connectivity index (χ3n) is 2.03. The summed E-state index contributed by atoms with van der Waals surface area (Å²) >= 11 is 0. The summed E-state index contributed by atoms with van der Waals surface area (Å²) in [5.74, 6) is 0. The topological polar surface area (TPSA) is 35.6 Å². The molecular formula is C11H17N3O. The summed E-state index contributed by atoms with van der Waals surface area (Å²) in [4.78, 5) is 15.0. The average Bonchev–Trinajstić information content (AvgIpc) is 2.18. The van der Waals surface area contributed by atoms with Gasteiger partial charge < -0.3 is 15.1 Å². The summed E-state index contributed by atoms with van der Waals surface area (Å²) in [5, 5.41) is 2.84. The van der Waals surface area contributed by atoms with Crippen molar-refractivity contribution in [1.29, 1.82) is 0 Å². The first kappa shape index (κ1) is 11.4. The molecule has 0 bridgehead atoms. The zero-order valence-electron chi connectivity index (χ0n) is 9.61. The molecule has 4 nitrogen and oxygen atoms in total. The summed E-state index contributed by atoms with van der Waals surface area (Å²) in [6.07, 6.45) is 0. The molecule has 0 aliphatic heterocycles. The molecular weight excluding hydrogens is 190 g/mol. The molecule has 0 atom stereocenters. The second-order valence-corrected chi connectivity index (χ2v) is 3.74. The number of carbonyl (C=O) groups excluding carboxylic acids is 1. The number of amides is 2. The Balaban J connectivity index is 2.89. The molecule has 1 aromatic rings. The van der Waals surface area contributed by atoms with E-state index in [0.29, 0.717) is 0 Å². The monoisotopic (exact) mass is 207 g/mol. The van der Waals surface area contributed by atoms with Gasteiger partial charge in [-0.2, -0.15) is 0 Å². The van der Waals surface area contributed by atoms with Crippen LogP contribution in [0.4, 0.5) is 16.2 Å². The third-order valence-corrected chi connectivity index (χ3v) is 2.03. The maximum atomic E-state index is 11.5. The zero-order valence-corrected chi connectivity index (χ0v) is 9.61. The molecule has 0 aromatic heterocycles. The molecule has 1 N–H and O–H groups in total. The molecule has 0 aliphatic carbocycles. The van der Waals surface area contributed by atoms with Crippen molar-refractivity contribution in [2.24, 2.45) is 0 Å². The molecule has 0 radical (unpaired) electrons. The Labute approximate surface area is 90.5 Å². The van der Waals surface area contributed by atoms with Crippen LogP contribution in [-0.4, -0.2) is 39.1 Å². The molecule has 0 aliphatic rings. The fourth-order valence-corrected chi connectivity index (χ4v) is 1.20. The van der Waals surface area contributed by atoms with Gasteiger partial charge in [-0.3, -0.25) is 0 Å². The van der Waals surface area contributed by atoms with Crippen molar-refractivity contribution >= 4 is 17.4 Å². The number of hydrogen-bond donors (Lipinski definition) is 1. The number of nitrogens with zero attached hydrogens (tertiary/aromatic N) is 2. The van der Waals surface area contributed by atoms with E-state index in [9.17, 15) is 4.79 Å². The van der Waals surface area contributed by atoms with Gasteiger partial charge in [-0.15, -0.1) is 0 Å². The molecule has 0 saturated carbocycles. The highest BCUT2D eigenvalue weighted by Crippen LogP contribution is 2.23. The van der Waals surface area contributed by atoms with Crippen molar-refractivity contribution in [3.63, 3.8) is 0 Å². The zero-order chi connectivity index (χ0) is 11.4. The molecule has 0 unspecified atom stereocenters. The minimum absolute atomic E-state index is 0.121. The molecule has 0 heterocycles. The molecule has 1 aromatic carbocycles. The predicted molar refractivity (Wildman–Crippen MR) is 63.5 cm³/mol. The van der Waals surface area contributed by atoms with E-state index >= 15 is 0 Å². The van der Waals surface area contributed by atoms with Crippen LogP contribution in [0.25, 0.3) is 0 Å². The Morgan fingerprint density at radius 2 is 1.73 bits per heavy atom. The number of nitrogens with one attached hydrogen (secondary N) is 1. The molecule has 82 valence electrons. The van der Waals surface area contributed by atoms with Crippen LogP contribution in [0.1, 0.15) is 0 Å². The Bertz CT molecular complexity index is 347. The maximum Gasteiger partial charge on any atom is 0.321 e. The number of para-hydroxylation sites is 2. The summed E-state index contributed by atoms with van der Waals surface area (Å²) in [6, 6.07) is 7.57. The highest BCUT2D eigenvalue weighted by Gasteiger charge is 2.08. The van der Waals surface area contributed by atoms with Crippen LogP contribution in [-0.2, 0) is 0 Å². The van der Waals surface area contributed by atoms with E-state index in [-0.39, 0.29) is 6.03 Å². The standard InChI is InChI=1S/C11H17N3O/c1-13(2)10-8-6-5-7-9(10)12-11(15)14(3)4/h5-8H,1-4H3,(H,12,15). The van der Waals surface area contributed by atoms with Gasteiger partial charge >= 0.3 is 6.03 Å². The van der Waals surface area contributed by atoms with E-state index in [0.717, 1.165) is 11.4 Å². The molecule has 1 rings (SSSR count). The molecule has 2 amide bonds. The number of benzene rings is 1. The lowest BCUT2D eigenvalue weighted by molar-refractivity contribution is 0.230. The van der Waals surface area contributed by atoms with Crippen molar-refractivity contribution in [1.82, 2.24) is 4.90 Å². The predicted octanol–water partition coefficient (Wildman–Crippen LogP) is 1.85. The number of carbonyl (C=O) groups is 1. The van der Waals surface area contributed by atoms with Gasteiger partial charge in [0.05, 0.1) is 11.4 Å². The fourth-order valence-electron chi connectivity index (χ4n) is 1.20. The van der Waals surface area contributed by atoms with Gasteiger partial charge in [0.1, 0.15) is 0 Å². The Morgan fingerprint density at radius 1 is 1.13 bits per heavy atom. The lowest BCUT2D eigenvalue weighted by Gasteiger charge is -2.19. The van der Waals surface area contributed by atoms with Crippen LogP contribution in [0.15, 0.2) is 24.3 Å². The van der Waals surface area contributed by atoms with E-state index in [1.807, 2.05) is 43.3 Å². The van der Waals surface area contributed by atoms with Crippen LogP contribution in [0.3, 0.4) is 0 Å². The summed E-state index contributed by atoms with van der Waals surface area (Å²) < 4.78 is 0. The smallest absolute Gasteiger partial charge is 0.321 e. The number of hydrogen-bond acceptors (Lipinski definition) is 2. The summed E-state index contributed by atoms with van der Waals surface area (Å²) in [6.45, 7) is 0. The Hall–Kier alpha value is -1.71. The number of rotatable bonds is 2. The van der Waals surface area contributed by atoms with Crippen molar-refractivity contribution in [3.05, 3.63) is 24.3 Å². The van der Waals surface area contributed by atoms with Crippen molar-refractivity contribution in [2.45, 2.75) is 0 Å². The lowest BCUT2D eigenvalue weighted by atomic mass is 10.2. The molecule has 0 saturated heterocycles. The maximum absolute atomic E-state index is 11.5. The van der Waals surface area contributed by atoms with Crippen LogP contribution in [0.2, 0.25) is 0 Å². The van der Waals surface area contributed by atoms with E-state index in [4.69, 9.17) is 0 Å². The van der Waals surface area contributed by atoms with Gasteiger partial charge in [-0.05, 0) is 12.1 Å². The minimum Gasteiger partial charge on any atom is -0.376 e. The number of anilines is 2. The van der Waals surface area contributed by atoms with Gasteiger partial charge in [-0.25, -0.2) is 4.79 Å². The first-order chi connectivity index (χ1) is 7.02. The van der Waals surface area contributed by atoms with Gasteiger partial charge in [-0.1, -0.05) is 12.1 Å². The van der Waals surface area contributed by atoms with Crippen LogP contribution in [0.5, 0.6) is 0 Å². The van der Waals surface area contributed by atoms with E-state index in [1.165, 1.54) is 4.90 Å².